The molecule has 5 heteroatoms. The third-order valence-corrected chi connectivity index (χ3v) is 6.11. The normalized spacial score (nSPS) is 15.4. The van der Waals surface area contributed by atoms with Gasteiger partial charge in [-0.2, -0.15) is 5.10 Å². The number of H-pyrrole nitrogens is 1. The topological polar surface area (TPSA) is 49.0 Å². The van der Waals surface area contributed by atoms with Crippen molar-refractivity contribution in [3.05, 3.63) is 112 Å². The Kier molecular flexibility index (Phi) is 5.08. The lowest BCUT2D eigenvalue weighted by atomic mass is 9.95. The number of benzene rings is 3. The summed E-state index contributed by atoms with van der Waals surface area (Å²) in [6.07, 6.45) is 0.795. The summed E-state index contributed by atoms with van der Waals surface area (Å²) in [5.41, 5.74) is 6.73. The predicted octanol–water partition coefficient (Wildman–Crippen LogP) is 5.83. The number of fused-ring (bicyclic) bond motifs is 1. The molecule has 1 aliphatic rings. The van der Waals surface area contributed by atoms with Gasteiger partial charge in [0.2, 0.25) is 0 Å². The van der Waals surface area contributed by atoms with Crippen molar-refractivity contribution in [2.45, 2.75) is 19.4 Å². The zero-order valence-corrected chi connectivity index (χ0v) is 17.9. The van der Waals surface area contributed by atoms with Crippen molar-refractivity contribution < 1.29 is 4.79 Å². The highest BCUT2D eigenvalue weighted by atomic mass is 35.5. The lowest BCUT2D eigenvalue weighted by molar-refractivity contribution is 0.0746. The summed E-state index contributed by atoms with van der Waals surface area (Å²) < 4.78 is 0. The van der Waals surface area contributed by atoms with Gasteiger partial charge in [-0.05, 0) is 36.6 Å². The molecular formula is C26H22ClN3O. The highest BCUT2D eigenvalue weighted by Crippen LogP contribution is 2.42. The summed E-state index contributed by atoms with van der Waals surface area (Å²) in [5.74, 6) is -0.00998. The first-order valence-electron chi connectivity index (χ1n) is 10.4. The second-order valence-corrected chi connectivity index (χ2v) is 8.35. The van der Waals surface area contributed by atoms with Gasteiger partial charge < -0.3 is 4.90 Å². The van der Waals surface area contributed by atoms with Gasteiger partial charge in [-0.15, -0.1) is 0 Å². The molecule has 2 heterocycles. The molecule has 0 bridgehead atoms. The van der Waals surface area contributed by atoms with E-state index in [2.05, 4.69) is 53.5 Å². The fraction of sp³-hybridized carbons (Fsp3) is 0.154. The zero-order valence-electron chi connectivity index (χ0n) is 17.2. The third-order valence-electron chi connectivity index (χ3n) is 5.86. The van der Waals surface area contributed by atoms with Gasteiger partial charge in [0.05, 0.1) is 11.7 Å². The van der Waals surface area contributed by atoms with Gasteiger partial charge in [0.1, 0.15) is 5.69 Å². The number of aromatic nitrogens is 2. The average molecular weight is 428 g/mol. The molecule has 1 atom stereocenters. The Balaban J connectivity index is 1.57. The van der Waals surface area contributed by atoms with Crippen molar-refractivity contribution >= 4 is 17.5 Å². The van der Waals surface area contributed by atoms with Crippen molar-refractivity contribution in [1.29, 1.82) is 0 Å². The third kappa shape index (κ3) is 3.64. The Morgan fingerprint density at radius 2 is 1.68 bits per heavy atom. The van der Waals surface area contributed by atoms with Crippen LogP contribution in [0.4, 0.5) is 0 Å². The van der Waals surface area contributed by atoms with E-state index in [1.807, 2.05) is 47.4 Å². The molecule has 4 nitrogen and oxygen atoms in total. The van der Waals surface area contributed by atoms with E-state index in [-0.39, 0.29) is 11.9 Å². The van der Waals surface area contributed by atoms with Gasteiger partial charge >= 0.3 is 0 Å². The van der Waals surface area contributed by atoms with Gasteiger partial charge in [-0.3, -0.25) is 9.89 Å². The maximum atomic E-state index is 13.4. The van der Waals surface area contributed by atoms with Crippen LogP contribution in [-0.4, -0.2) is 27.5 Å². The van der Waals surface area contributed by atoms with Crippen molar-refractivity contribution in [3.8, 4) is 11.3 Å². The van der Waals surface area contributed by atoms with Crippen LogP contribution in [0.15, 0.2) is 78.9 Å². The molecule has 0 fully saturated rings. The van der Waals surface area contributed by atoms with Crippen LogP contribution >= 0.6 is 11.6 Å². The highest BCUT2D eigenvalue weighted by molar-refractivity contribution is 6.30. The highest BCUT2D eigenvalue weighted by Gasteiger charge is 2.41. The molecule has 1 unspecified atom stereocenters. The first-order valence-corrected chi connectivity index (χ1v) is 10.8. The van der Waals surface area contributed by atoms with Crippen LogP contribution in [0.25, 0.3) is 11.3 Å². The minimum atomic E-state index is -0.184. The molecule has 3 aromatic carbocycles. The minimum absolute atomic E-state index is 0.00998. The maximum Gasteiger partial charge on any atom is 0.273 e. The van der Waals surface area contributed by atoms with Crippen LogP contribution in [0.1, 0.15) is 38.8 Å². The van der Waals surface area contributed by atoms with Crippen molar-refractivity contribution in [2.24, 2.45) is 0 Å². The lowest BCUT2D eigenvalue weighted by Crippen LogP contribution is -2.31. The number of amides is 1. The molecule has 0 spiro atoms. The van der Waals surface area contributed by atoms with E-state index in [0.717, 1.165) is 28.8 Å². The zero-order chi connectivity index (χ0) is 21.4. The number of hydrogen-bond acceptors (Lipinski definition) is 2. The standard InChI is InChI=1S/C26H22ClN3O/c1-17-7-9-20(10-8-17)25-22-23(19-11-13-21(27)14-12-19)28-29-24(22)26(31)30(25)16-15-18-5-3-2-4-6-18/h2-14,25H,15-16H2,1H3,(H,28,29). The number of halogens is 1. The van der Waals surface area contributed by atoms with Gasteiger partial charge in [-0.1, -0.05) is 83.9 Å². The Labute approximate surface area is 186 Å². The van der Waals surface area contributed by atoms with Crippen LogP contribution in [0.2, 0.25) is 5.02 Å². The smallest absolute Gasteiger partial charge is 0.273 e. The number of carbonyl (C=O) groups is 1. The Morgan fingerprint density at radius 3 is 2.39 bits per heavy atom. The van der Waals surface area contributed by atoms with Crippen molar-refractivity contribution in [1.82, 2.24) is 15.1 Å². The van der Waals surface area contributed by atoms with Gasteiger partial charge in [-0.25, -0.2) is 0 Å². The molecule has 1 aromatic heterocycles. The first-order chi connectivity index (χ1) is 15.1. The lowest BCUT2D eigenvalue weighted by Gasteiger charge is -2.26. The molecule has 31 heavy (non-hydrogen) atoms. The number of nitrogens with one attached hydrogen (secondary N) is 1. The molecule has 0 radical (unpaired) electrons. The quantitative estimate of drug-likeness (QED) is 0.435. The van der Waals surface area contributed by atoms with E-state index in [1.165, 1.54) is 11.1 Å². The van der Waals surface area contributed by atoms with Crippen LogP contribution in [-0.2, 0) is 6.42 Å². The van der Waals surface area contributed by atoms with Gasteiger partial charge in [0.25, 0.3) is 5.91 Å². The van der Waals surface area contributed by atoms with Crippen LogP contribution in [0.3, 0.4) is 0 Å². The second-order valence-electron chi connectivity index (χ2n) is 7.92. The number of rotatable bonds is 5. The molecule has 1 aliphatic heterocycles. The van der Waals surface area contributed by atoms with E-state index in [1.54, 1.807) is 0 Å². The first kappa shape index (κ1) is 19.6. The van der Waals surface area contributed by atoms with Crippen LogP contribution < -0.4 is 0 Å². The Hall–Kier alpha value is -3.37. The number of aryl methyl sites for hydroxylation is 1. The van der Waals surface area contributed by atoms with E-state index in [0.29, 0.717) is 17.3 Å². The van der Waals surface area contributed by atoms with Crippen LogP contribution in [0, 0.1) is 6.92 Å². The Bertz CT molecular complexity index is 1210. The van der Waals surface area contributed by atoms with E-state index >= 15 is 0 Å². The number of carbonyl (C=O) groups excluding carboxylic acids is 1. The maximum absolute atomic E-state index is 13.4. The number of hydrogen-bond donors (Lipinski definition) is 1. The number of aromatic amines is 1. The molecule has 0 saturated carbocycles. The summed E-state index contributed by atoms with van der Waals surface area (Å²) in [5, 5.41) is 8.21. The summed E-state index contributed by atoms with van der Waals surface area (Å²) >= 11 is 6.08. The molecule has 4 aromatic rings. The molecular weight excluding hydrogens is 406 g/mol. The fourth-order valence-electron chi connectivity index (χ4n) is 4.24. The monoisotopic (exact) mass is 427 g/mol. The largest absolute Gasteiger partial charge is 0.326 e. The Morgan fingerprint density at radius 1 is 0.968 bits per heavy atom. The van der Waals surface area contributed by atoms with Crippen LogP contribution in [0.5, 0.6) is 0 Å². The van der Waals surface area contributed by atoms with Gasteiger partial charge in [0.15, 0.2) is 0 Å². The summed E-state index contributed by atoms with van der Waals surface area (Å²) in [6.45, 7) is 2.70. The second kappa shape index (κ2) is 8.05. The van der Waals surface area contributed by atoms with E-state index < -0.39 is 0 Å². The molecule has 154 valence electrons. The molecule has 0 aliphatic carbocycles. The SMILES string of the molecule is Cc1ccc(C2c3c(-c4ccc(Cl)cc4)n[nH]c3C(=O)N2CCc2ccccc2)cc1. The minimum Gasteiger partial charge on any atom is -0.326 e. The summed E-state index contributed by atoms with van der Waals surface area (Å²) in [7, 11) is 0. The molecule has 1 N–H and O–H groups in total. The van der Waals surface area contributed by atoms with E-state index in [9.17, 15) is 4.79 Å². The van der Waals surface area contributed by atoms with E-state index in [4.69, 9.17) is 11.6 Å². The molecule has 5 rings (SSSR count). The summed E-state index contributed by atoms with van der Waals surface area (Å²) in [6, 6.07) is 26.1. The van der Waals surface area contributed by atoms with Crippen molar-refractivity contribution in [3.63, 3.8) is 0 Å². The molecule has 0 saturated heterocycles. The number of nitrogens with zero attached hydrogens (tertiary/aromatic N) is 2. The predicted molar refractivity (Wildman–Crippen MR) is 123 cm³/mol. The van der Waals surface area contributed by atoms with Gasteiger partial charge in [0, 0.05) is 22.7 Å². The van der Waals surface area contributed by atoms with Crippen molar-refractivity contribution in [2.75, 3.05) is 6.54 Å². The fourth-order valence-corrected chi connectivity index (χ4v) is 4.37. The summed E-state index contributed by atoms with van der Waals surface area (Å²) in [4.78, 5) is 15.4. The average Bonchev–Trinajstić information content (AvgIpc) is 3.33. The molecule has 1 amide bonds.